The van der Waals surface area contributed by atoms with Crippen molar-refractivity contribution in [3.63, 3.8) is 0 Å². The standard InChI is InChI=1S/C9H6Cl3NOS/c10-5-1-6(11)3-7(2-5)13-4-15-8(12)9(13)14/h1-3,8H,4H2. The Kier molecular flexibility index (Phi) is 3.36. The predicted molar refractivity (Wildman–Crippen MR) is 66.0 cm³/mol. The highest BCUT2D eigenvalue weighted by atomic mass is 35.5. The van der Waals surface area contributed by atoms with Gasteiger partial charge in [-0.3, -0.25) is 4.79 Å². The number of anilines is 1. The lowest BCUT2D eigenvalue weighted by molar-refractivity contribution is -0.116. The monoisotopic (exact) mass is 281 g/mol. The third-order valence-electron chi connectivity index (χ3n) is 1.97. The molecule has 0 bridgehead atoms. The third-order valence-corrected chi connectivity index (χ3v) is 3.87. The molecule has 0 aromatic heterocycles. The van der Waals surface area contributed by atoms with E-state index in [2.05, 4.69) is 0 Å². The molecule has 0 N–H and O–H groups in total. The van der Waals surface area contributed by atoms with Crippen LogP contribution >= 0.6 is 46.6 Å². The number of carbonyl (C=O) groups excluding carboxylic acids is 1. The summed E-state index contributed by atoms with van der Waals surface area (Å²) in [7, 11) is 0. The van der Waals surface area contributed by atoms with E-state index in [1.165, 1.54) is 11.8 Å². The molecule has 6 heteroatoms. The van der Waals surface area contributed by atoms with Crippen LogP contribution in [0.4, 0.5) is 5.69 Å². The molecule has 1 saturated heterocycles. The van der Waals surface area contributed by atoms with Crippen molar-refractivity contribution in [3.05, 3.63) is 28.2 Å². The number of thioether (sulfide) groups is 1. The molecule has 1 aromatic carbocycles. The summed E-state index contributed by atoms with van der Waals surface area (Å²) in [5.74, 6) is 0.406. The van der Waals surface area contributed by atoms with E-state index in [9.17, 15) is 4.79 Å². The number of benzene rings is 1. The fourth-order valence-electron chi connectivity index (χ4n) is 1.29. The number of hydrogen-bond acceptors (Lipinski definition) is 2. The Hall–Kier alpha value is -0.0900. The summed E-state index contributed by atoms with van der Waals surface area (Å²) in [5.41, 5.74) is 0.688. The molecule has 2 nitrogen and oxygen atoms in total. The summed E-state index contributed by atoms with van der Waals surface area (Å²) in [6.07, 6.45) is 0. The lowest BCUT2D eigenvalue weighted by Gasteiger charge is -2.15. The number of halogens is 3. The van der Waals surface area contributed by atoms with Crippen LogP contribution in [0.2, 0.25) is 10.0 Å². The molecule has 1 heterocycles. The smallest absolute Gasteiger partial charge is 0.256 e. The Morgan fingerprint density at radius 3 is 2.33 bits per heavy atom. The quantitative estimate of drug-likeness (QED) is 0.734. The number of alkyl halides is 1. The molecule has 0 radical (unpaired) electrons. The van der Waals surface area contributed by atoms with Crippen LogP contribution in [0.15, 0.2) is 18.2 Å². The van der Waals surface area contributed by atoms with E-state index in [1.54, 1.807) is 23.1 Å². The van der Waals surface area contributed by atoms with Gasteiger partial charge in [0.05, 0.1) is 5.88 Å². The van der Waals surface area contributed by atoms with Crippen molar-refractivity contribution in [2.24, 2.45) is 0 Å². The van der Waals surface area contributed by atoms with Crippen LogP contribution in [-0.4, -0.2) is 16.5 Å². The lowest BCUT2D eigenvalue weighted by atomic mass is 10.3. The maximum atomic E-state index is 11.6. The molecule has 0 spiro atoms. The second-order valence-electron chi connectivity index (χ2n) is 3.01. The molecule has 1 aliphatic heterocycles. The molecule has 0 saturated carbocycles. The fraction of sp³-hybridized carbons (Fsp3) is 0.222. The van der Waals surface area contributed by atoms with Gasteiger partial charge in [0.1, 0.15) is 0 Å². The second kappa shape index (κ2) is 4.42. The largest absolute Gasteiger partial charge is 0.300 e. The van der Waals surface area contributed by atoms with Crippen LogP contribution in [0.25, 0.3) is 0 Å². The van der Waals surface area contributed by atoms with Gasteiger partial charge in [0.25, 0.3) is 5.91 Å². The summed E-state index contributed by atoms with van der Waals surface area (Å²) >= 11 is 18.9. The van der Waals surface area contributed by atoms with Gasteiger partial charge in [-0.05, 0) is 18.2 Å². The van der Waals surface area contributed by atoms with Crippen molar-refractivity contribution in [3.8, 4) is 0 Å². The molecule has 80 valence electrons. The molecular weight excluding hydrogens is 277 g/mol. The summed E-state index contributed by atoms with van der Waals surface area (Å²) in [6, 6.07) is 5.01. The normalized spacial score (nSPS) is 21.1. The average molecular weight is 283 g/mol. The molecule has 0 aliphatic carbocycles. The van der Waals surface area contributed by atoms with Crippen molar-refractivity contribution in [1.29, 1.82) is 0 Å². The first kappa shape index (κ1) is 11.4. The first-order valence-corrected chi connectivity index (χ1v) is 6.35. The summed E-state index contributed by atoms with van der Waals surface area (Å²) in [6.45, 7) is 0. The highest BCUT2D eigenvalue weighted by molar-refractivity contribution is 8.02. The van der Waals surface area contributed by atoms with Crippen molar-refractivity contribution in [2.45, 2.75) is 4.71 Å². The van der Waals surface area contributed by atoms with Gasteiger partial charge in [-0.2, -0.15) is 0 Å². The van der Waals surface area contributed by atoms with Crippen LogP contribution in [-0.2, 0) is 4.79 Å². The summed E-state index contributed by atoms with van der Waals surface area (Å²) < 4.78 is -0.511. The second-order valence-corrected chi connectivity index (χ2v) is 5.64. The Bertz CT molecular complexity index is 392. The van der Waals surface area contributed by atoms with Crippen LogP contribution in [0.1, 0.15) is 0 Å². The van der Waals surface area contributed by atoms with E-state index < -0.39 is 4.71 Å². The van der Waals surface area contributed by atoms with E-state index in [1.807, 2.05) is 0 Å². The number of nitrogens with zero attached hydrogens (tertiary/aromatic N) is 1. The molecule has 2 rings (SSSR count). The van der Waals surface area contributed by atoms with E-state index in [4.69, 9.17) is 34.8 Å². The van der Waals surface area contributed by atoms with Crippen molar-refractivity contribution < 1.29 is 4.79 Å². The van der Waals surface area contributed by atoms with E-state index >= 15 is 0 Å². The zero-order valence-corrected chi connectivity index (χ0v) is 10.5. The summed E-state index contributed by atoms with van der Waals surface area (Å²) in [4.78, 5) is 13.2. The van der Waals surface area contributed by atoms with Crippen LogP contribution in [0.3, 0.4) is 0 Å². The topological polar surface area (TPSA) is 20.3 Å². The predicted octanol–water partition coefficient (Wildman–Crippen LogP) is 3.60. The lowest BCUT2D eigenvalue weighted by Crippen LogP contribution is -2.27. The van der Waals surface area contributed by atoms with Gasteiger partial charge in [-0.1, -0.05) is 23.2 Å². The zero-order chi connectivity index (χ0) is 11.0. The Morgan fingerprint density at radius 1 is 1.27 bits per heavy atom. The third kappa shape index (κ3) is 2.36. The minimum absolute atomic E-state index is 0.125. The number of amides is 1. The Morgan fingerprint density at radius 2 is 1.87 bits per heavy atom. The molecule has 15 heavy (non-hydrogen) atoms. The summed E-state index contributed by atoms with van der Waals surface area (Å²) in [5, 5.41) is 1.02. The molecular formula is C9H6Cl3NOS. The van der Waals surface area contributed by atoms with Crippen LogP contribution < -0.4 is 4.90 Å². The Labute approximate surface area is 106 Å². The first-order chi connectivity index (χ1) is 7.08. The number of hydrogen-bond donors (Lipinski definition) is 0. The van der Waals surface area contributed by atoms with Crippen molar-refractivity contribution >= 4 is 58.2 Å². The number of carbonyl (C=O) groups is 1. The van der Waals surface area contributed by atoms with Gasteiger partial charge in [0.2, 0.25) is 0 Å². The minimum atomic E-state index is -0.511. The minimum Gasteiger partial charge on any atom is -0.300 e. The molecule has 1 amide bonds. The highest BCUT2D eigenvalue weighted by Crippen LogP contribution is 2.34. The average Bonchev–Trinajstić information content (AvgIpc) is 2.46. The Balaban J connectivity index is 2.34. The van der Waals surface area contributed by atoms with E-state index in [0.717, 1.165) is 0 Å². The van der Waals surface area contributed by atoms with Gasteiger partial charge in [0.15, 0.2) is 4.71 Å². The van der Waals surface area contributed by atoms with Crippen LogP contribution in [0, 0.1) is 0 Å². The van der Waals surface area contributed by atoms with Gasteiger partial charge < -0.3 is 4.90 Å². The van der Waals surface area contributed by atoms with E-state index in [-0.39, 0.29) is 5.91 Å². The van der Waals surface area contributed by atoms with Crippen molar-refractivity contribution in [1.82, 2.24) is 0 Å². The highest BCUT2D eigenvalue weighted by Gasteiger charge is 2.31. The zero-order valence-electron chi connectivity index (χ0n) is 7.41. The molecule has 1 fully saturated rings. The molecule has 1 unspecified atom stereocenters. The van der Waals surface area contributed by atoms with Gasteiger partial charge in [0, 0.05) is 15.7 Å². The van der Waals surface area contributed by atoms with Gasteiger partial charge in [-0.25, -0.2) is 0 Å². The molecule has 1 aromatic rings. The molecule has 1 atom stereocenters. The van der Waals surface area contributed by atoms with Crippen LogP contribution in [0.5, 0.6) is 0 Å². The van der Waals surface area contributed by atoms with Crippen molar-refractivity contribution in [2.75, 3.05) is 10.8 Å². The number of rotatable bonds is 1. The van der Waals surface area contributed by atoms with Gasteiger partial charge in [-0.15, -0.1) is 23.4 Å². The maximum absolute atomic E-state index is 11.6. The van der Waals surface area contributed by atoms with E-state index in [0.29, 0.717) is 21.6 Å². The fourth-order valence-corrected chi connectivity index (χ4v) is 2.92. The van der Waals surface area contributed by atoms with Gasteiger partial charge >= 0.3 is 0 Å². The molecule has 1 aliphatic rings. The maximum Gasteiger partial charge on any atom is 0.256 e. The first-order valence-electron chi connectivity index (χ1n) is 4.11. The SMILES string of the molecule is O=C1C(Cl)SCN1c1cc(Cl)cc(Cl)c1.